The van der Waals surface area contributed by atoms with Crippen LogP contribution in [0.15, 0.2) is 0 Å². The summed E-state index contributed by atoms with van der Waals surface area (Å²) in [5.74, 6) is -1.31. The minimum atomic E-state index is -0.888. The van der Waals surface area contributed by atoms with Crippen LogP contribution in [0.1, 0.15) is 46.5 Å². The Kier molecular flexibility index (Phi) is 5.51. The molecular weight excluding hydrogens is 232 g/mol. The van der Waals surface area contributed by atoms with Gasteiger partial charge in [-0.3, -0.25) is 14.4 Å². The second-order valence-electron chi connectivity index (χ2n) is 5.31. The third-order valence-corrected chi connectivity index (χ3v) is 3.01. The van der Waals surface area contributed by atoms with Gasteiger partial charge in [0.25, 0.3) is 0 Å². The summed E-state index contributed by atoms with van der Waals surface area (Å²) in [5.41, 5.74) is 0. The van der Waals surface area contributed by atoms with E-state index in [1.165, 1.54) is 0 Å². The van der Waals surface area contributed by atoms with Gasteiger partial charge in [0.05, 0.1) is 6.61 Å². The molecule has 1 aliphatic carbocycles. The molecule has 0 heterocycles. The van der Waals surface area contributed by atoms with Gasteiger partial charge >= 0.3 is 5.97 Å². The maximum absolute atomic E-state index is 12.0. The molecule has 1 aliphatic rings. The van der Waals surface area contributed by atoms with Crippen molar-refractivity contribution in [2.45, 2.75) is 46.5 Å². The van der Waals surface area contributed by atoms with E-state index < -0.39 is 11.9 Å². The predicted octanol–water partition coefficient (Wildman–Crippen LogP) is 2.15. The lowest BCUT2D eigenvalue weighted by Gasteiger charge is -2.15. The largest absolute Gasteiger partial charge is 0.465 e. The molecule has 0 saturated heterocycles. The molecule has 0 amide bonds. The number of ether oxygens (including phenoxy) is 1. The molecule has 0 aliphatic heterocycles. The lowest BCUT2D eigenvalue weighted by Crippen LogP contribution is -2.29. The molecule has 4 nitrogen and oxygen atoms in total. The molecule has 1 unspecified atom stereocenters. The van der Waals surface area contributed by atoms with Crippen molar-refractivity contribution in [1.82, 2.24) is 0 Å². The third kappa shape index (κ3) is 4.59. The monoisotopic (exact) mass is 254 g/mol. The fraction of sp³-hybridized carbons (Fsp3) is 0.786. The van der Waals surface area contributed by atoms with Crippen LogP contribution < -0.4 is 0 Å². The number of rotatable bonds is 8. The average Bonchev–Trinajstić information content (AvgIpc) is 3.08. The highest BCUT2D eigenvalue weighted by atomic mass is 16.5. The summed E-state index contributed by atoms with van der Waals surface area (Å²) in [5, 5.41) is 0. The molecular formula is C14H22O4. The van der Waals surface area contributed by atoms with Crippen LogP contribution in [0, 0.1) is 17.8 Å². The van der Waals surface area contributed by atoms with Gasteiger partial charge < -0.3 is 4.74 Å². The number of hydrogen-bond donors (Lipinski definition) is 0. The summed E-state index contributed by atoms with van der Waals surface area (Å²) in [7, 11) is 0. The van der Waals surface area contributed by atoms with Crippen LogP contribution in [0.2, 0.25) is 0 Å². The SMILES string of the molecule is CCOC(=O)C(CC(=O)C1CC1)C(=O)CC(C)C. The van der Waals surface area contributed by atoms with Crippen LogP contribution in [0.5, 0.6) is 0 Å². The molecule has 1 atom stereocenters. The number of carbonyl (C=O) groups excluding carboxylic acids is 3. The molecule has 0 radical (unpaired) electrons. The van der Waals surface area contributed by atoms with Crippen LogP contribution in [0.3, 0.4) is 0 Å². The lowest BCUT2D eigenvalue weighted by molar-refractivity contribution is -0.153. The van der Waals surface area contributed by atoms with E-state index in [-0.39, 0.29) is 36.4 Å². The van der Waals surface area contributed by atoms with Crippen molar-refractivity contribution < 1.29 is 19.1 Å². The first kappa shape index (κ1) is 14.9. The first-order chi connectivity index (χ1) is 8.45. The molecule has 0 bridgehead atoms. The van der Waals surface area contributed by atoms with Gasteiger partial charge in [-0.2, -0.15) is 0 Å². The van der Waals surface area contributed by atoms with Crippen molar-refractivity contribution in [2.24, 2.45) is 17.8 Å². The van der Waals surface area contributed by atoms with E-state index in [1.807, 2.05) is 13.8 Å². The van der Waals surface area contributed by atoms with Gasteiger partial charge in [-0.1, -0.05) is 13.8 Å². The molecule has 0 aromatic rings. The van der Waals surface area contributed by atoms with Gasteiger partial charge in [-0.15, -0.1) is 0 Å². The summed E-state index contributed by atoms with van der Waals surface area (Å²) >= 11 is 0. The van der Waals surface area contributed by atoms with Gasteiger partial charge in [-0.25, -0.2) is 0 Å². The summed E-state index contributed by atoms with van der Waals surface area (Å²) in [4.78, 5) is 35.5. The Morgan fingerprint density at radius 1 is 1.17 bits per heavy atom. The molecule has 0 aromatic heterocycles. The summed E-state index contributed by atoms with van der Waals surface area (Å²) < 4.78 is 4.90. The van der Waals surface area contributed by atoms with Crippen molar-refractivity contribution >= 4 is 17.5 Å². The van der Waals surface area contributed by atoms with Crippen LogP contribution in [-0.2, 0) is 19.1 Å². The van der Waals surface area contributed by atoms with Crippen molar-refractivity contribution in [2.75, 3.05) is 6.61 Å². The van der Waals surface area contributed by atoms with Crippen molar-refractivity contribution in [3.8, 4) is 0 Å². The van der Waals surface area contributed by atoms with Crippen molar-refractivity contribution in [1.29, 1.82) is 0 Å². The summed E-state index contributed by atoms with van der Waals surface area (Å²) in [6.07, 6.45) is 2.13. The van der Waals surface area contributed by atoms with Crippen molar-refractivity contribution in [3.05, 3.63) is 0 Å². The van der Waals surface area contributed by atoms with E-state index >= 15 is 0 Å². The summed E-state index contributed by atoms with van der Waals surface area (Å²) in [6.45, 7) is 5.78. The zero-order valence-corrected chi connectivity index (χ0v) is 11.4. The van der Waals surface area contributed by atoms with Gasteiger partial charge in [-0.05, 0) is 25.7 Å². The summed E-state index contributed by atoms with van der Waals surface area (Å²) in [6, 6.07) is 0. The average molecular weight is 254 g/mol. The van der Waals surface area contributed by atoms with Crippen LogP contribution in [0.4, 0.5) is 0 Å². The van der Waals surface area contributed by atoms with Crippen molar-refractivity contribution in [3.63, 3.8) is 0 Å². The zero-order chi connectivity index (χ0) is 13.7. The molecule has 1 fully saturated rings. The molecule has 4 heteroatoms. The minimum Gasteiger partial charge on any atom is -0.465 e. The Balaban J connectivity index is 2.63. The van der Waals surface area contributed by atoms with Gasteiger partial charge in [0.15, 0.2) is 0 Å². The van der Waals surface area contributed by atoms with E-state index in [4.69, 9.17) is 4.74 Å². The Labute approximate surface area is 108 Å². The fourth-order valence-corrected chi connectivity index (χ4v) is 1.89. The second kappa shape index (κ2) is 6.66. The zero-order valence-electron chi connectivity index (χ0n) is 11.4. The van der Waals surface area contributed by atoms with E-state index in [2.05, 4.69) is 0 Å². The van der Waals surface area contributed by atoms with Gasteiger partial charge in [0, 0.05) is 18.8 Å². The number of Topliss-reactive ketones (excluding diaryl/α,β-unsaturated/α-hetero) is 2. The van der Waals surface area contributed by atoms with Gasteiger partial charge in [0.2, 0.25) is 0 Å². The van der Waals surface area contributed by atoms with Crippen LogP contribution >= 0.6 is 0 Å². The topological polar surface area (TPSA) is 60.4 Å². The Morgan fingerprint density at radius 3 is 2.22 bits per heavy atom. The highest BCUT2D eigenvalue weighted by molar-refractivity contribution is 6.03. The molecule has 102 valence electrons. The van der Waals surface area contributed by atoms with E-state index in [0.717, 1.165) is 12.8 Å². The number of hydrogen-bond acceptors (Lipinski definition) is 4. The first-order valence-electron chi connectivity index (χ1n) is 6.67. The smallest absolute Gasteiger partial charge is 0.316 e. The molecule has 18 heavy (non-hydrogen) atoms. The maximum atomic E-state index is 12.0. The minimum absolute atomic E-state index is 0.0229. The quantitative estimate of drug-likeness (QED) is 0.492. The molecule has 0 aromatic carbocycles. The van der Waals surface area contributed by atoms with E-state index in [0.29, 0.717) is 6.42 Å². The second-order valence-corrected chi connectivity index (χ2v) is 5.31. The van der Waals surface area contributed by atoms with E-state index in [9.17, 15) is 14.4 Å². The van der Waals surface area contributed by atoms with Crippen LogP contribution in [-0.4, -0.2) is 24.1 Å². The lowest BCUT2D eigenvalue weighted by atomic mass is 9.91. The molecule has 1 rings (SSSR count). The van der Waals surface area contributed by atoms with E-state index in [1.54, 1.807) is 6.92 Å². The number of ketones is 2. The first-order valence-corrected chi connectivity index (χ1v) is 6.67. The Bertz CT molecular complexity index is 329. The van der Waals surface area contributed by atoms with Gasteiger partial charge in [0.1, 0.15) is 17.5 Å². The highest BCUT2D eigenvalue weighted by Gasteiger charge is 2.36. The van der Waals surface area contributed by atoms with Crippen LogP contribution in [0.25, 0.3) is 0 Å². The number of carbonyl (C=O) groups is 3. The third-order valence-electron chi connectivity index (χ3n) is 3.01. The Hall–Kier alpha value is -1.19. The molecule has 0 N–H and O–H groups in total. The predicted molar refractivity (Wildman–Crippen MR) is 66.9 cm³/mol. The highest BCUT2D eigenvalue weighted by Crippen LogP contribution is 2.32. The normalized spacial score (nSPS) is 16.4. The Morgan fingerprint density at radius 2 is 1.78 bits per heavy atom. The molecule has 0 spiro atoms. The standard InChI is InChI=1S/C14H22O4/c1-4-18-14(17)11(13(16)7-9(2)3)8-12(15)10-5-6-10/h9-11H,4-8H2,1-3H3. The maximum Gasteiger partial charge on any atom is 0.316 e. The number of esters is 1. The fourth-order valence-electron chi connectivity index (χ4n) is 1.89. The molecule has 1 saturated carbocycles.